The molecule has 3 rings (SSSR count). The molecule has 0 saturated heterocycles. The number of carbonyl (C=O) groups excluding carboxylic acids is 1. The molecule has 2 fully saturated rings. The maximum Gasteiger partial charge on any atom is 0.220 e. The van der Waals surface area contributed by atoms with Crippen molar-refractivity contribution >= 4 is 5.91 Å². The third-order valence-electron chi connectivity index (χ3n) is 5.31. The second-order valence-corrected chi connectivity index (χ2v) is 7.04. The predicted molar refractivity (Wildman–Crippen MR) is 85.5 cm³/mol. The zero-order valence-corrected chi connectivity index (χ0v) is 13.3. The number of nitrogens with one attached hydrogen (secondary N) is 1. The average molecular weight is 302 g/mol. The first-order chi connectivity index (χ1) is 10.6. The van der Waals surface area contributed by atoms with Gasteiger partial charge >= 0.3 is 0 Å². The number of nitrogens with zero attached hydrogens (tertiary/aromatic N) is 1. The molecule has 0 radical (unpaired) electrons. The van der Waals surface area contributed by atoms with E-state index in [2.05, 4.69) is 23.3 Å². The van der Waals surface area contributed by atoms with E-state index in [4.69, 9.17) is 0 Å². The summed E-state index contributed by atoms with van der Waals surface area (Å²) in [5.41, 5.74) is 2.39. The Kier molecular flexibility index (Phi) is 4.48. The van der Waals surface area contributed by atoms with Crippen LogP contribution in [0.4, 0.5) is 0 Å². The number of aliphatic hydroxyl groups excluding tert-OH is 1. The fraction of sp³-hybridized carbons (Fsp3) is 0.667. The molecule has 2 N–H and O–H groups in total. The molecule has 0 aromatic carbocycles. The number of amides is 1. The number of aliphatic hydroxyl groups is 1. The minimum Gasteiger partial charge on any atom is -0.393 e. The maximum absolute atomic E-state index is 12.2. The summed E-state index contributed by atoms with van der Waals surface area (Å²) in [7, 11) is 0. The highest BCUT2D eigenvalue weighted by molar-refractivity contribution is 5.76. The standard InChI is InChI=1S/C18H26N2O2/c1-13-5-4-10-19-17(13)18(8-9-18)12-20-16(22)11-14-6-2-3-7-15(14)21/h4-5,10,14-15,21H,2-3,6-9,11-12H2,1H3,(H,20,22)/t14-,15+/m1/s1. The number of hydrogen-bond donors (Lipinski definition) is 2. The van der Waals surface area contributed by atoms with Gasteiger partial charge in [-0.3, -0.25) is 9.78 Å². The van der Waals surface area contributed by atoms with Crippen LogP contribution in [-0.4, -0.2) is 28.6 Å². The van der Waals surface area contributed by atoms with Crippen LogP contribution in [0.1, 0.15) is 56.2 Å². The first-order valence-corrected chi connectivity index (χ1v) is 8.48. The summed E-state index contributed by atoms with van der Waals surface area (Å²) in [6, 6.07) is 4.04. The highest BCUT2D eigenvalue weighted by Crippen LogP contribution is 2.47. The number of hydrogen-bond acceptors (Lipinski definition) is 3. The molecule has 1 aromatic rings. The van der Waals surface area contributed by atoms with E-state index in [-0.39, 0.29) is 23.3 Å². The lowest BCUT2D eigenvalue weighted by Gasteiger charge is -2.27. The molecule has 2 aliphatic rings. The molecule has 0 bridgehead atoms. The summed E-state index contributed by atoms with van der Waals surface area (Å²) >= 11 is 0. The van der Waals surface area contributed by atoms with Crippen LogP contribution in [0.25, 0.3) is 0 Å². The molecule has 2 saturated carbocycles. The molecule has 4 heteroatoms. The summed E-state index contributed by atoms with van der Waals surface area (Å²) in [6.45, 7) is 2.76. The minimum absolute atomic E-state index is 0.0478. The molecule has 120 valence electrons. The average Bonchev–Trinajstić information content (AvgIpc) is 3.29. The second-order valence-electron chi connectivity index (χ2n) is 7.04. The third kappa shape index (κ3) is 3.32. The van der Waals surface area contributed by atoms with Crippen LogP contribution in [0.15, 0.2) is 18.3 Å². The highest BCUT2D eigenvalue weighted by atomic mass is 16.3. The molecule has 4 nitrogen and oxygen atoms in total. The van der Waals surface area contributed by atoms with Crippen molar-refractivity contribution in [2.75, 3.05) is 6.54 Å². The van der Waals surface area contributed by atoms with E-state index in [9.17, 15) is 9.90 Å². The van der Waals surface area contributed by atoms with Crippen molar-refractivity contribution in [1.29, 1.82) is 0 Å². The van der Waals surface area contributed by atoms with Crippen molar-refractivity contribution in [3.8, 4) is 0 Å². The van der Waals surface area contributed by atoms with Crippen LogP contribution in [0.3, 0.4) is 0 Å². The number of carbonyl (C=O) groups is 1. The summed E-state index contributed by atoms with van der Waals surface area (Å²) < 4.78 is 0. The molecule has 22 heavy (non-hydrogen) atoms. The topological polar surface area (TPSA) is 62.2 Å². The van der Waals surface area contributed by atoms with Crippen molar-refractivity contribution in [3.63, 3.8) is 0 Å². The van der Waals surface area contributed by atoms with Crippen molar-refractivity contribution in [3.05, 3.63) is 29.6 Å². The predicted octanol–water partition coefficient (Wildman–Crippen LogP) is 2.48. The number of aryl methyl sites for hydroxylation is 1. The number of rotatable bonds is 5. The summed E-state index contributed by atoms with van der Waals surface area (Å²) in [5, 5.41) is 13.1. The molecular formula is C18H26N2O2. The van der Waals surface area contributed by atoms with Gasteiger partial charge in [0, 0.05) is 24.6 Å². The Hall–Kier alpha value is -1.42. The monoisotopic (exact) mass is 302 g/mol. The summed E-state index contributed by atoms with van der Waals surface area (Å²) in [6.07, 6.45) is 8.21. The molecule has 2 aliphatic carbocycles. The van der Waals surface area contributed by atoms with Gasteiger partial charge in [-0.05, 0) is 50.2 Å². The van der Waals surface area contributed by atoms with Gasteiger partial charge in [0.15, 0.2) is 0 Å². The van der Waals surface area contributed by atoms with E-state index < -0.39 is 0 Å². The van der Waals surface area contributed by atoms with Gasteiger partial charge in [0.1, 0.15) is 0 Å². The van der Waals surface area contributed by atoms with E-state index >= 15 is 0 Å². The summed E-state index contributed by atoms with van der Waals surface area (Å²) in [5.74, 6) is 0.214. The van der Waals surface area contributed by atoms with Gasteiger partial charge in [0.2, 0.25) is 5.91 Å². The zero-order chi connectivity index (χ0) is 15.6. The van der Waals surface area contributed by atoms with Gasteiger partial charge in [0.25, 0.3) is 0 Å². The van der Waals surface area contributed by atoms with E-state index in [1.807, 2.05) is 12.3 Å². The van der Waals surface area contributed by atoms with E-state index in [0.29, 0.717) is 13.0 Å². The molecule has 1 aromatic heterocycles. The second kappa shape index (κ2) is 6.37. The normalized spacial score (nSPS) is 26.5. The first-order valence-electron chi connectivity index (χ1n) is 8.48. The fourth-order valence-electron chi connectivity index (χ4n) is 3.69. The summed E-state index contributed by atoms with van der Waals surface area (Å²) in [4.78, 5) is 16.7. The van der Waals surface area contributed by atoms with Gasteiger partial charge in [-0.2, -0.15) is 0 Å². The Labute approximate surface area is 132 Å². The van der Waals surface area contributed by atoms with Crippen LogP contribution in [0, 0.1) is 12.8 Å². The lowest BCUT2D eigenvalue weighted by molar-refractivity contribution is -0.123. The van der Waals surface area contributed by atoms with Crippen molar-refractivity contribution < 1.29 is 9.90 Å². The quantitative estimate of drug-likeness (QED) is 0.878. The lowest BCUT2D eigenvalue weighted by atomic mass is 9.84. The Morgan fingerprint density at radius 1 is 1.41 bits per heavy atom. The maximum atomic E-state index is 12.2. The van der Waals surface area contributed by atoms with Gasteiger partial charge < -0.3 is 10.4 Å². The van der Waals surface area contributed by atoms with E-state index in [0.717, 1.165) is 44.2 Å². The van der Waals surface area contributed by atoms with Gasteiger partial charge in [-0.1, -0.05) is 18.9 Å². The van der Waals surface area contributed by atoms with Crippen LogP contribution in [0.5, 0.6) is 0 Å². The third-order valence-corrected chi connectivity index (χ3v) is 5.31. The molecule has 1 amide bonds. The molecular weight excluding hydrogens is 276 g/mol. The first kappa shape index (κ1) is 15.5. The molecule has 0 unspecified atom stereocenters. The van der Waals surface area contributed by atoms with Crippen molar-refractivity contribution in [2.45, 2.75) is 63.4 Å². The van der Waals surface area contributed by atoms with Crippen molar-refractivity contribution in [2.24, 2.45) is 5.92 Å². The molecule has 0 aliphatic heterocycles. The van der Waals surface area contributed by atoms with Crippen LogP contribution in [-0.2, 0) is 10.2 Å². The highest BCUT2D eigenvalue weighted by Gasteiger charge is 2.46. The van der Waals surface area contributed by atoms with E-state index in [1.165, 1.54) is 5.56 Å². The van der Waals surface area contributed by atoms with Crippen LogP contribution in [0.2, 0.25) is 0 Å². The number of pyridine rings is 1. The zero-order valence-electron chi connectivity index (χ0n) is 13.3. The smallest absolute Gasteiger partial charge is 0.220 e. The van der Waals surface area contributed by atoms with Gasteiger partial charge in [-0.25, -0.2) is 0 Å². The Morgan fingerprint density at radius 3 is 2.86 bits per heavy atom. The lowest BCUT2D eigenvalue weighted by Crippen LogP contribution is -2.36. The fourth-order valence-corrected chi connectivity index (χ4v) is 3.69. The SMILES string of the molecule is Cc1cccnc1C1(CNC(=O)C[C@H]2CCCC[C@@H]2O)CC1. The molecule has 0 spiro atoms. The minimum atomic E-state index is -0.299. The Bertz CT molecular complexity index is 540. The van der Waals surface area contributed by atoms with E-state index in [1.54, 1.807) is 0 Å². The Morgan fingerprint density at radius 2 is 2.18 bits per heavy atom. The largest absolute Gasteiger partial charge is 0.393 e. The molecule has 2 atom stereocenters. The van der Waals surface area contributed by atoms with Gasteiger partial charge in [0.05, 0.1) is 11.8 Å². The van der Waals surface area contributed by atoms with Crippen LogP contribution >= 0.6 is 0 Å². The van der Waals surface area contributed by atoms with Crippen LogP contribution < -0.4 is 5.32 Å². The Balaban J connectivity index is 1.54. The van der Waals surface area contributed by atoms with Crippen molar-refractivity contribution in [1.82, 2.24) is 10.3 Å². The number of aromatic nitrogens is 1. The molecule has 1 heterocycles. The van der Waals surface area contributed by atoms with Gasteiger partial charge in [-0.15, -0.1) is 0 Å².